The molecule has 0 bridgehead atoms. The number of rotatable bonds is 8. The second-order valence-corrected chi connectivity index (χ2v) is 8.52. The number of anilines is 1. The van der Waals surface area contributed by atoms with Gasteiger partial charge in [-0.05, 0) is 44.2 Å². The minimum atomic E-state index is -0.454. The molecule has 2 atom stereocenters. The number of H-pyrrole nitrogens is 1. The van der Waals surface area contributed by atoms with Gasteiger partial charge in [0.2, 0.25) is 0 Å². The first-order valence-electron chi connectivity index (χ1n) is 11.2. The third-order valence-corrected chi connectivity index (χ3v) is 6.16. The standard InChI is InChI=1S/C23H28N4O6/c28-12-17-19(29)6-3-7-20(17)32-13-22(30)25-21-11-18(26-27-21)14-8-9-16(10-14)33-23(31)24-15-4-1-2-5-15/h3,6-7,11-12,14-16,29H,1-2,4-5,8-10,13H2,(H,24,31)(H2,25,26,27,30)/t14-,16+/m0/s1. The van der Waals surface area contributed by atoms with E-state index in [2.05, 4.69) is 20.8 Å². The Morgan fingerprint density at radius 1 is 1.21 bits per heavy atom. The van der Waals surface area contributed by atoms with E-state index in [0.717, 1.165) is 44.2 Å². The van der Waals surface area contributed by atoms with Crippen LogP contribution in [0.4, 0.5) is 10.6 Å². The summed E-state index contributed by atoms with van der Waals surface area (Å²) in [6.07, 6.45) is 6.65. The third kappa shape index (κ3) is 5.82. The van der Waals surface area contributed by atoms with Crippen molar-refractivity contribution in [3.8, 4) is 11.5 Å². The Morgan fingerprint density at radius 2 is 2.03 bits per heavy atom. The number of aldehydes is 1. The number of benzene rings is 1. The first kappa shape index (κ1) is 22.6. The maximum atomic E-state index is 12.2. The fraction of sp³-hybridized carbons (Fsp3) is 0.478. The first-order valence-corrected chi connectivity index (χ1v) is 11.2. The van der Waals surface area contributed by atoms with Crippen LogP contribution in [-0.2, 0) is 9.53 Å². The lowest BCUT2D eigenvalue weighted by Gasteiger charge is -2.16. The molecule has 2 saturated carbocycles. The topological polar surface area (TPSA) is 143 Å². The summed E-state index contributed by atoms with van der Waals surface area (Å²) in [6, 6.07) is 6.37. The molecule has 10 nitrogen and oxygen atoms in total. The molecule has 0 saturated heterocycles. The van der Waals surface area contributed by atoms with Crippen LogP contribution in [0.1, 0.15) is 66.9 Å². The highest BCUT2D eigenvalue weighted by Gasteiger charge is 2.30. The zero-order valence-electron chi connectivity index (χ0n) is 18.2. The van der Waals surface area contributed by atoms with Crippen LogP contribution in [0.25, 0.3) is 0 Å². The van der Waals surface area contributed by atoms with Crippen molar-refractivity contribution in [1.29, 1.82) is 0 Å². The van der Waals surface area contributed by atoms with E-state index in [9.17, 15) is 19.5 Å². The van der Waals surface area contributed by atoms with Gasteiger partial charge in [-0.1, -0.05) is 18.9 Å². The number of aromatic nitrogens is 2. The van der Waals surface area contributed by atoms with Crippen molar-refractivity contribution >= 4 is 24.1 Å². The van der Waals surface area contributed by atoms with Crippen LogP contribution in [0.5, 0.6) is 11.5 Å². The summed E-state index contributed by atoms with van der Waals surface area (Å²) in [4.78, 5) is 35.4. The Kier molecular flexibility index (Phi) is 7.11. The van der Waals surface area contributed by atoms with Gasteiger partial charge in [-0.2, -0.15) is 5.10 Å². The number of hydrogen-bond donors (Lipinski definition) is 4. The average Bonchev–Trinajstić information content (AvgIpc) is 3.55. The van der Waals surface area contributed by atoms with Crippen LogP contribution in [0.2, 0.25) is 0 Å². The molecular formula is C23H28N4O6. The number of phenols is 1. The molecule has 176 valence electrons. The molecule has 10 heteroatoms. The van der Waals surface area contributed by atoms with Crippen LogP contribution in [0.15, 0.2) is 24.3 Å². The van der Waals surface area contributed by atoms with Gasteiger partial charge in [-0.3, -0.25) is 14.7 Å². The summed E-state index contributed by atoms with van der Waals surface area (Å²) in [5, 5.41) is 22.3. The summed E-state index contributed by atoms with van der Waals surface area (Å²) >= 11 is 0. The van der Waals surface area contributed by atoms with E-state index in [1.807, 2.05) is 0 Å². The number of ether oxygens (including phenoxy) is 2. The molecule has 2 aromatic rings. The van der Waals surface area contributed by atoms with E-state index in [1.165, 1.54) is 18.2 Å². The smallest absolute Gasteiger partial charge is 0.407 e. The molecular weight excluding hydrogens is 428 g/mol. The Labute approximate surface area is 191 Å². The number of nitrogens with one attached hydrogen (secondary N) is 3. The van der Waals surface area contributed by atoms with Gasteiger partial charge in [0, 0.05) is 23.7 Å². The first-order chi connectivity index (χ1) is 16.0. The number of aromatic amines is 1. The number of carbonyl (C=O) groups excluding carboxylic acids is 3. The summed E-state index contributed by atoms with van der Waals surface area (Å²) in [7, 11) is 0. The number of aromatic hydroxyl groups is 1. The van der Waals surface area contributed by atoms with Crippen LogP contribution < -0.4 is 15.4 Å². The van der Waals surface area contributed by atoms with Gasteiger partial charge < -0.3 is 25.2 Å². The molecule has 2 aliphatic carbocycles. The monoisotopic (exact) mass is 456 g/mol. The van der Waals surface area contributed by atoms with Crippen molar-refractivity contribution in [2.75, 3.05) is 11.9 Å². The van der Waals surface area contributed by atoms with Gasteiger partial charge in [-0.25, -0.2) is 4.79 Å². The SMILES string of the molecule is O=Cc1c(O)cccc1OCC(=O)Nc1cc([C@H]2CC[C@@H](OC(=O)NC3CCCC3)C2)[nH]n1. The van der Waals surface area contributed by atoms with Crippen molar-refractivity contribution in [2.45, 2.75) is 63.0 Å². The largest absolute Gasteiger partial charge is 0.507 e. The lowest BCUT2D eigenvalue weighted by molar-refractivity contribution is -0.118. The van der Waals surface area contributed by atoms with Gasteiger partial charge in [0.15, 0.2) is 18.7 Å². The number of amides is 2. The summed E-state index contributed by atoms with van der Waals surface area (Å²) in [6.45, 7) is -0.345. The maximum Gasteiger partial charge on any atom is 0.407 e. The van der Waals surface area contributed by atoms with Gasteiger partial charge in [0.1, 0.15) is 17.6 Å². The zero-order valence-corrected chi connectivity index (χ0v) is 18.2. The fourth-order valence-corrected chi connectivity index (χ4v) is 4.46. The number of phenolic OH excluding ortho intramolecular Hbond substituents is 1. The predicted molar refractivity (Wildman–Crippen MR) is 118 cm³/mol. The Hall–Kier alpha value is -3.56. The quantitative estimate of drug-likeness (QED) is 0.447. The molecule has 1 heterocycles. The van der Waals surface area contributed by atoms with E-state index < -0.39 is 5.91 Å². The Balaban J connectivity index is 1.23. The number of nitrogens with zero attached hydrogens (tertiary/aromatic N) is 1. The van der Waals surface area contributed by atoms with E-state index in [1.54, 1.807) is 6.07 Å². The second-order valence-electron chi connectivity index (χ2n) is 8.52. The molecule has 1 aromatic carbocycles. The molecule has 0 aliphatic heterocycles. The normalized spacial score (nSPS) is 20.4. The minimum absolute atomic E-state index is 0.0118. The molecule has 4 rings (SSSR count). The summed E-state index contributed by atoms with van der Waals surface area (Å²) in [5.41, 5.74) is 0.854. The van der Waals surface area contributed by atoms with E-state index in [0.29, 0.717) is 18.5 Å². The summed E-state index contributed by atoms with van der Waals surface area (Å²) in [5.74, 6) is -0.0319. The lowest BCUT2D eigenvalue weighted by atomic mass is 10.0. The predicted octanol–water partition coefficient (Wildman–Crippen LogP) is 3.25. The van der Waals surface area contributed by atoms with Crippen LogP contribution in [-0.4, -0.2) is 52.3 Å². The molecule has 33 heavy (non-hydrogen) atoms. The van der Waals surface area contributed by atoms with Gasteiger partial charge in [0.05, 0.1) is 5.56 Å². The van der Waals surface area contributed by atoms with Gasteiger partial charge in [-0.15, -0.1) is 0 Å². The third-order valence-electron chi connectivity index (χ3n) is 6.16. The van der Waals surface area contributed by atoms with Crippen LogP contribution >= 0.6 is 0 Å². The molecule has 2 fully saturated rings. The van der Waals surface area contributed by atoms with Crippen molar-refractivity contribution < 1.29 is 29.0 Å². The maximum absolute atomic E-state index is 12.2. The average molecular weight is 456 g/mol. The number of carbonyl (C=O) groups is 3. The molecule has 0 radical (unpaired) electrons. The van der Waals surface area contributed by atoms with Crippen molar-refractivity contribution in [2.24, 2.45) is 0 Å². The highest BCUT2D eigenvalue weighted by molar-refractivity contribution is 5.91. The minimum Gasteiger partial charge on any atom is -0.507 e. The molecule has 0 spiro atoms. The van der Waals surface area contributed by atoms with Crippen molar-refractivity contribution in [3.05, 3.63) is 35.5 Å². The number of hydrogen-bond acceptors (Lipinski definition) is 7. The summed E-state index contributed by atoms with van der Waals surface area (Å²) < 4.78 is 10.9. The van der Waals surface area contributed by atoms with Gasteiger partial charge >= 0.3 is 6.09 Å². The Bertz CT molecular complexity index is 1000. The van der Waals surface area contributed by atoms with Crippen molar-refractivity contribution in [1.82, 2.24) is 15.5 Å². The van der Waals surface area contributed by atoms with E-state index in [-0.39, 0.29) is 47.8 Å². The lowest BCUT2D eigenvalue weighted by Crippen LogP contribution is -2.35. The number of alkyl carbamates (subject to hydrolysis) is 1. The molecule has 2 aliphatic rings. The molecule has 1 aromatic heterocycles. The molecule has 2 amide bonds. The van der Waals surface area contributed by atoms with E-state index in [4.69, 9.17) is 9.47 Å². The zero-order chi connectivity index (χ0) is 23.2. The van der Waals surface area contributed by atoms with Gasteiger partial charge in [0.25, 0.3) is 5.91 Å². The Morgan fingerprint density at radius 3 is 2.82 bits per heavy atom. The highest BCUT2D eigenvalue weighted by atomic mass is 16.6. The van der Waals surface area contributed by atoms with E-state index >= 15 is 0 Å². The molecule has 4 N–H and O–H groups in total. The second kappa shape index (κ2) is 10.4. The highest BCUT2D eigenvalue weighted by Crippen LogP contribution is 2.36. The van der Waals surface area contributed by atoms with Crippen LogP contribution in [0, 0.1) is 0 Å². The fourth-order valence-electron chi connectivity index (χ4n) is 4.46. The molecule has 0 unspecified atom stereocenters. The van der Waals surface area contributed by atoms with Crippen molar-refractivity contribution in [3.63, 3.8) is 0 Å². The van der Waals surface area contributed by atoms with Crippen LogP contribution in [0.3, 0.4) is 0 Å².